The van der Waals surface area contributed by atoms with Crippen molar-refractivity contribution in [2.45, 2.75) is 12.2 Å². The van der Waals surface area contributed by atoms with Gasteiger partial charge in [0.15, 0.2) is 5.92 Å². The van der Waals surface area contributed by atoms with Crippen molar-refractivity contribution >= 4 is 23.5 Å². The minimum Gasteiger partial charge on any atom is -0.333 e. The topological polar surface area (TPSA) is 58.2 Å². The van der Waals surface area contributed by atoms with E-state index in [1.54, 1.807) is 0 Å². The van der Waals surface area contributed by atoms with Crippen LogP contribution in [-0.4, -0.2) is 30.0 Å². The first-order valence-electron chi connectivity index (χ1n) is 3.60. The molecule has 80 valence electrons. The van der Waals surface area contributed by atoms with E-state index in [0.29, 0.717) is 0 Å². The molecule has 3 amide bonds. The van der Waals surface area contributed by atoms with E-state index in [0.717, 1.165) is 0 Å². The lowest BCUT2D eigenvalue weighted by atomic mass is 9.98. The van der Waals surface area contributed by atoms with E-state index >= 15 is 0 Å². The fraction of sp³-hybridized carbons (Fsp3) is 0.667. The van der Waals surface area contributed by atoms with E-state index in [1.807, 2.05) is 5.32 Å². The number of carbonyl (C=O) groups is 2. The Balaban J connectivity index is 2.90. The van der Waals surface area contributed by atoms with Gasteiger partial charge in [0.2, 0.25) is 5.91 Å². The van der Waals surface area contributed by atoms with Crippen molar-refractivity contribution in [2.75, 3.05) is 5.88 Å². The summed E-state index contributed by atoms with van der Waals surface area (Å²) in [5, 5.41) is 3.46. The van der Waals surface area contributed by atoms with Gasteiger partial charge in [-0.15, -0.1) is 11.6 Å². The lowest BCUT2D eigenvalue weighted by Crippen LogP contribution is -2.62. The molecule has 0 aromatic carbocycles. The maximum absolute atomic E-state index is 12.3. The van der Waals surface area contributed by atoms with Crippen LogP contribution in [0.5, 0.6) is 0 Å². The van der Waals surface area contributed by atoms with Crippen LogP contribution in [0.15, 0.2) is 0 Å². The Hall–Kier alpha value is -0.980. The van der Waals surface area contributed by atoms with Crippen LogP contribution in [0, 0.1) is 5.92 Å². The van der Waals surface area contributed by atoms with Crippen molar-refractivity contribution in [1.82, 2.24) is 10.6 Å². The fourth-order valence-corrected chi connectivity index (χ4v) is 1.42. The third-order valence-electron chi connectivity index (χ3n) is 1.76. The summed E-state index contributed by atoms with van der Waals surface area (Å²) in [6.45, 7) is 0. The Morgan fingerprint density at radius 3 is 2.36 bits per heavy atom. The Morgan fingerprint density at radius 2 is 1.93 bits per heavy atom. The molecular weight excluding hydrogens is 225 g/mol. The zero-order valence-electron chi connectivity index (χ0n) is 6.69. The van der Waals surface area contributed by atoms with Crippen LogP contribution >= 0.6 is 11.6 Å². The zero-order chi connectivity index (χ0) is 10.9. The number of halogens is 4. The standard InChI is InChI=1S/C6H6ClF3N2O2/c7-1-2-3(6(8,9)10)4(13)12-5(14)11-2/h2-3H,1H2,(H2,11,12,13,14). The monoisotopic (exact) mass is 230 g/mol. The molecule has 0 spiro atoms. The summed E-state index contributed by atoms with van der Waals surface area (Å²) in [7, 11) is 0. The smallest absolute Gasteiger partial charge is 0.333 e. The third-order valence-corrected chi connectivity index (χ3v) is 2.09. The van der Waals surface area contributed by atoms with Gasteiger partial charge in [0.25, 0.3) is 0 Å². The summed E-state index contributed by atoms with van der Waals surface area (Å²) in [6, 6.07) is -2.36. The molecule has 8 heteroatoms. The number of nitrogens with one attached hydrogen (secondary N) is 2. The highest BCUT2D eigenvalue weighted by molar-refractivity contribution is 6.19. The summed E-state index contributed by atoms with van der Waals surface area (Å²) in [6.07, 6.45) is -4.71. The van der Waals surface area contributed by atoms with Crippen molar-refractivity contribution in [3.05, 3.63) is 0 Å². The summed E-state index contributed by atoms with van der Waals surface area (Å²) < 4.78 is 36.9. The van der Waals surface area contributed by atoms with Crippen LogP contribution in [0.25, 0.3) is 0 Å². The quantitative estimate of drug-likeness (QED) is 0.649. The number of rotatable bonds is 1. The molecule has 14 heavy (non-hydrogen) atoms. The maximum Gasteiger partial charge on any atom is 0.402 e. The largest absolute Gasteiger partial charge is 0.402 e. The van der Waals surface area contributed by atoms with Gasteiger partial charge in [-0.05, 0) is 0 Å². The van der Waals surface area contributed by atoms with Crippen LogP contribution < -0.4 is 10.6 Å². The fourth-order valence-electron chi connectivity index (χ4n) is 1.16. The van der Waals surface area contributed by atoms with Crippen molar-refractivity contribution in [2.24, 2.45) is 5.92 Å². The molecule has 2 N–H and O–H groups in total. The van der Waals surface area contributed by atoms with E-state index in [9.17, 15) is 22.8 Å². The Kier molecular flexibility index (Phi) is 2.89. The van der Waals surface area contributed by atoms with Gasteiger partial charge >= 0.3 is 12.2 Å². The van der Waals surface area contributed by atoms with Crippen LogP contribution in [0.3, 0.4) is 0 Å². The van der Waals surface area contributed by atoms with Gasteiger partial charge in [-0.25, -0.2) is 4.79 Å². The molecule has 0 aromatic rings. The second-order valence-electron chi connectivity index (χ2n) is 2.74. The number of imide groups is 1. The normalized spacial score (nSPS) is 28.3. The molecule has 2 atom stereocenters. The van der Waals surface area contributed by atoms with Crippen LogP contribution in [-0.2, 0) is 4.79 Å². The number of alkyl halides is 4. The van der Waals surface area contributed by atoms with Gasteiger partial charge in [-0.1, -0.05) is 0 Å². The van der Waals surface area contributed by atoms with Crippen molar-refractivity contribution in [3.8, 4) is 0 Å². The second kappa shape index (κ2) is 3.64. The molecule has 2 unspecified atom stereocenters. The number of urea groups is 1. The van der Waals surface area contributed by atoms with Crippen LogP contribution in [0.2, 0.25) is 0 Å². The predicted molar refractivity (Wildman–Crippen MR) is 40.7 cm³/mol. The van der Waals surface area contributed by atoms with Crippen LogP contribution in [0.4, 0.5) is 18.0 Å². The Morgan fingerprint density at radius 1 is 1.36 bits per heavy atom. The Bertz CT molecular complexity index is 268. The molecule has 1 fully saturated rings. The molecular formula is C6H6ClF3N2O2. The van der Waals surface area contributed by atoms with Crippen molar-refractivity contribution in [3.63, 3.8) is 0 Å². The summed E-state index contributed by atoms with van der Waals surface area (Å²) >= 11 is 5.22. The van der Waals surface area contributed by atoms with Gasteiger partial charge in [-0.3, -0.25) is 10.1 Å². The predicted octanol–water partition coefficient (Wildman–Crippen LogP) is 0.612. The summed E-state index contributed by atoms with van der Waals surface area (Å²) in [5.41, 5.74) is 0. The molecule has 0 aliphatic carbocycles. The first-order valence-corrected chi connectivity index (χ1v) is 4.13. The van der Waals surface area contributed by atoms with E-state index in [1.165, 1.54) is 5.32 Å². The molecule has 0 radical (unpaired) electrons. The molecule has 1 rings (SSSR count). The molecule has 4 nitrogen and oxygen atoms in total. The minimum atomic E-state index is -4.71. The molecule has 1 heterocycles. The number of hydrogen-bond acceptors (Lipinski definition) is 2. The van der Waals surface area contributed by atoms with Crippen molar-refractivity contribution < 1.29 is 22.8 Å². The summed E-state index contributed by atoms with van der Waals surface area (Å²) in [4.78, 5) is 21.5. The van der Waals surface area contributed by atoms with Crippen molar-refractivity contribution in [1.29, 1.82) is 0 Å². The number of hydrogen-bond donors (Lipinski definition) is 2. The molecule has 0 bridgehead atoms. The molecule has 1 saturated heterocycles. The van der Waals surface area contributed by atoms with E-state index in [-0.39, 0.29) is 0 Å². The first kappa shape index (κ1) is 11.1. The van der Waals surface area contributed by atoms with Gasteiger partial charge in [0, 0.05) is 5.88 Å². The lowest BCUT2D eigenvalue weighted by molar-refractivity contribution is -0.188. The number of carbonyl (C=O) groups excluding carboxylic acids is 2. The highest BCUT2D eigenvalue weighted by Crippen LogP contribution is 2.30. The van der Waals surface area contributed by atoms with Gasteiger partial charge < -0.3 is 5.32 Å². The molecule has 1 aliphatic rings. The number of amides is 3. The average Bonchev–Trinajstić information content (AvgIpc) is 1.99. The maximum atomic E-state index is 12.3. The zero-order valence-corrected chi connectivity index (χ0v) is 7.45. The highest BCUT2D eigenvalue weighted by atomic mass is 35.5. The SMILES string of the molecule is O=C1NC(=O)C(C(F)(F)F)C(CCl)N1. The van der Waals surface area contributed by atoms with Gasteiger partial charge in [-0.2, -0.15) is 13.2 Å². The average molecular weight is 231 g/mol. The first-order chi connectivity index (χ1) is 6.36. The third kappa shape index (κ3) is 2.09. The van der Waals surface area contributed by atoms with E-state index in [4.69, 9.17) is 11.6 Å². The minimum absolute atomic E-state index is 0.469. The van der Waals surface area contributed by atoms with E-state index < -0.39 is 36.0 Å². The van der Waals surface area contributed by atoms with Crippen LogP contribution in [0.1, 0.15) is 0 Å². The molecule has 0 saturated carbocycles. The second-order valence-corrected chi connectivity index (χ2v) is 3.05. The molecule has 1 aliphatic heterocycles. The van der Waals surface area contributed by atoms with E-state index in [2.05, 4.69) is 0 Å². The van der Waals surface area contributed by atoms with Gasteiger partial charge in [0.1, 0.15) is 0 Å². The lowest BCUT2D eigenvalue weighted by Gasteiger charge is -2.31. The molecule has 0 aromatic heterocycles. The highest BCUT2D eigenvalue weighted by Gasteiger charge is 2.52. The Labute approximate surface area is 81.8 Å². The van der Waals surface area contributed by atoms with Gasteiger partial charge in [0.05, 0.1) is 6.04 Å². The summed E-state index contributed by atoms with van der Waals surface area (Å²) in [5.74, 6) is -4.12.